The molecule has 3 aliphatic rings. The Morgan fingerprint density at radius 2 is 1.72 bits per heavy atom. The van der Waals surface area contributed by atoms with Crippen LogP contribution >= 0.6 is 0 Å². The fraction of sp³-hybridized carbons (Fsp3) is 0.667. The molecule has 3 heterocycles. The van der Waals surface area contributed by atoms with Gasteiger partial charge >= 0.3 is 0 Å². The summed E-state index contributed by atoms with van der Waals surface area (Å²) >= 11 is 0. The van der Waals surface area contributed by atoms with Crippen molar-refractivity contribution in [2.24, 2.45) is 0 Å². The second kappa shape index (κ2) is 17.8. The van der Waals surface area contributed by atoms with Crippen LogP contribution in [0.1, 0.15) is 38.5 Å². The highest BCUT2D eigenvalue weighted by Gasteiger charge is 2.42. The summed E-state index contributed by atoms with van der Waals surface area (Å²) in [6, 6.07) is 7.83. The highest BCUT2D eigenvalue weighted by Crippen LogP contribution is 2.22. The van der Waals surface area contributed by atoms with E-state index < -0.39 is 18.0 Å². The molecule has 0 saturated carbocycles. The number of para-hydroxylation sites is 1. The van der Waals surface area contributed by atoms with Crippen LogP contribution in [-0.4, -0.2) is 119 Å². The number of unbranched alkanes of at least 4 members (excludes halogenated alkanes) is 1. The molecule has 0 aromatic heterocycles. The zero-order chi connectivity index (χ0) is 30.3. The van der Waals surface area contributed by atoms with Crippen molar-refractivity contribution in [3.05, 3.63) is 30.3 Å². The van der Waals surface area contributed by atoms with Gasteiger partial charge in [0.25, 0.3) is 5.91 Å². The van der Waals surface area contributed by atoms with Crippen LogP contribution in [0.3, 0.4) is 0 Å². The smallest absolute Gasteiger partial charge is 0.257 e. The summed E-state index contributed by atoms with van der Waals surface area (Å²) < 4.78 is 21.8. The van der Waals surface area contributed by atoms with Gasteiger partial charge in [-0.2, -0.15) is 0 Å². The van der Waals surface area contributed by atoms with E-state index in [1.807, 2.05) is 18.2 Å². The number of carbonyl (C=O) groups excluding carboxylic acids is 4. The third kappa shape index (κ3) is 11.1. The Labute approximate surface area is 252 Å². The molecule has 13 nitrogen and oxygen atoms in total. The van der Waals surface area contributed by atoms with Crippen LogP contribution in [0.4, 0.5) is 0 Å². The van der Waals surface area contributed by atoms with Crippen LogP contribution in [-0.2, 0) is 33.4 Å². The lowest BCUT2D eigenvalue weighted by Crippen LogP contribution is -2.54. The van der Waals surface area contributed by atoms with Gasteiger partial charge in [-0.05, 0) is 50.7 Å². The monoisotopic (exact) mass is 603 g/mol. The minimum absolute atomic E-state index is 0.0501. The number of hydrogen-bond donors (Lipinski definition) is 4. The van der Waals surface area contributed by atoms with E-state index >= 15 is 0 Å². The maximum atomic E-state index is 13.9. The molecule has 1 aromatic rings. The van der Waals surface area contributed by atoms with Gasteiger partial charge in [0.2, 0.25) is 17.7 Å². The van der Waals surface area contributed by atoms with Crippen LogP contribution in [0.2, 0.25) is 0 Å². The summed E-state index contributed by atoms with van der Waals surface area (Å²) in [6.07, 6.45) is 3.77. The largest absolute Gasteiger partial charge is 0.484 e. The molecule has 1 aromatic carbocycles. The van der Waals surface area contributed by atoms with E-state index in [1.165, 1.54) is 0 Å². The number of hydrogen-bond acceptors (Lipinski definition) is 9. The molecule has 43 heavy (non-hydrogen) atoms. The fourth-order valence-electron chi connectivity index (χ4n) is 5.51. The second-order valence-corrected chi connectivity index (χ2v) is 11.0. The Kier molecular flexibility index (Phi) is 13.5. The van der Waals surface area contributed by atoms with Crippen LogP contribution in [0.25, 0.3) is 0 Å². The topological polar surface area (TPSA) is 157 Å². The number of nitrogens with one attached hydrogen (secondary N) is 4. The van der Waals surface area contributed by atoms with E-state index in [-0.39, 0.29) is 49.6 Å². The predicted molar refractivity (Wildman–Crippen MR) is 156 cm³/mol. The average Bonchev–Trinajstić information content (AvgIpc) is 3.44. The number of rotatable bonds is 10. The molecule has 3 fully saturated rings. The van der Waals surface area contributed by atoms with Crippen molar-refractivity contribution in [3.8, 4) is 5.75 Å². The molecular formula is C30H45N5O8. The SMILES string of the molecule is O=C(COc1ccccc1)NCCCC[C@@H]1NC(=O)COCCOCCNC(=O)[C@@H]2C[C@H](NC3CCOCC3)CN2C1=O. The minimum Gasteiger partial charge on any atom is -0.484 e. The van der Waals surface area contributed by atoms with E-state index in [2.05, 4.69) is 21.3 Å². The summed E-state index contributed by atoms with van der Waals surface area (Å²) in [7, 11) is 0. The van der Waals surface area contributed by atoms with E-state index in [4.69, 9.17) is 18.9 Å². The quantitative estimate of drug-likeness (QED) is 0.265. The van der Waals surface area contributed by atoms with Gasteiger partial charge in [0.05, 0.1) is 19.8 Å². The van der Waals surface area contributed by atoms with Gasteiger partial charge in [-0.1, -0.05) is 18.2 Å². The third-order valence-corrected chi connectivity index (χ3v) is 7.72. The Hall–Kier alpha value is -3.26. The molecule has 3 saturated heterocycles. The summed E-state index contributed by atoms with van der Waals surface area (Å²) in [5, 5.41) is 12.2. The highest BCUT2D eigenvalue weighted by atomic mass is 16.5. The number of ether oxygens (including phenoxy) is 4. The van der Waals surface area contributed by atoms with Crippen molar-refractivity contribution < 1.29 is 38.1 Å². The molecule has 0 aliphatic carbocycles. The number of benzene rings is 1. The summed E-state index contributed by atoms with van der Waals surface area (Å²) in [5.41, 5.74) is 0. The zero-order valence-electron chi connectivity index (χ0n) is 24.7. The number of carbonyl (C=O) groups is 4. The standard InChI is InChI=1S/C30H45N5O8/c36-27(21-43-24-6-2-1-3-7-24)31-11-5-4-8-25-30(39)35-19-23(33-22-9-13-40-14-10-22)18-26(35)29(38)32-12-15-41-16-17-42-20-28(37)34-25/h1-3,6-7,22-23,25-26,33H,4-5,8-21H2,(H,31,36)(H,32,38)(H,34,37)/t23-,25-,26-/m0/s1. The van der Waals surface area contributed by atoms with Crippen LogP contribution < -0.4 is 26.0 Å². The highest BCUT2D eigenvalue weighted by molar-refractivity contribution is 5.93. The fourth-order valence-corrected chi connectivity index (χ4v) is 5.51. The molecule has 3 aliphatic heterocycles. The second-order valence-electron chi connectivity index (χ2n) is 11.0. The summed E-state index contributed by atoms with van der Waals surface area (Å²) in [4.78, 5) is 53.6. The first-order valence-electron chi connectivity index (χ1n) is 15.3. The molecule has 4 N–H and O–H groups in total. The normalized spacial score (nSPS) is 24.7. The number of amides is 4. The number of fused-ring (bicyclic) bond motifs is 1. The van der Waals surface area contributed by atoms with Gasteiger partial charge in [-0.25, -0.2) is 0 Å². The molecule has 0 radical (unpaired) electrons. The summed E-state index contributed by atoms with van der Waals surface area (Å²) in [5.74, 6) is -0.554. The van der Waals surface area contributed by atoms with Crippen molar-refractivity contribution >= 4 is 23.6 Å². The van der Waals surface area contributed by atoms with Gasteiger partial charge in [0.15, 0.2) is 6.61 Å². The van der Waals surface area contributed by atoms with Crippen LogP contribution in [0.5, 0.6) is 5.75 Å². The lowest BCUT2D eigenvalue weighted by Gasteiger charge is -2.29. The molecule has 0 spiro atoms. The first-order chi connectivity index (χ1) is 21.0. The van der Waals surface area contributed by atoms with Crippen molar-refractivity contribution in [1.82, 2.24) is 26.2 Å². The predicted octanol–water partition coefficient (Wildman–Crippen LogP) is -0.262. The van der Waals surface area contributed by atoms with Crippen molar-refractivity contribution in [1.29, 1.82) is 0 Å². The Bertz CT molecular complexity index is 1040. The van der Waals surface area contributed by atoms with Crippen LogP contribution in [0.15, 0.2) is 30.3 Å². The molecular weight excluding hydrogens is 558 g/mol. The van der Waals surface area contributed by atoms with E-state index in [0.717, 1.165) is 12.8 Å². The Morgan fingerprint density at radius 1 is 0.953 bits per heavy atom. The summed E-state index contributed by atoms with van der Waals surface area (Å²) in [6.45, 7) is 3.00. The molecule has 238 valence electrons. The Morgan fingerprint density at radius 3 is 2.53 bits per heavy atom. The molecule has 4 amide bonds. The maximum absolute atomic E-state index is 13.9. The third-order valence-electron chi connectivity index (χ3n) is 7.72. The molecule has 0 bridgehead atoms. The molecule has 4 rings (SSSR count). The average molecular weight is 604 g/mol. The molecule has 0 unspecified atom stereocenters. The van der Waals surface area contributed by atoms with Gasteiger partial charge in [-0.3, -0.25) is 19.2 Å². The van der Waals surface area contributed by atoms with E-state index in [1.54, 1.807) is 17.0 Å². The van der Waals surface area contributed by atoms with Gasteiger partial charge < -0.3 is 45.1 Å². The maximum Gasteiger partial charge on any atom is 0.257 e. The Balaban J connectivity index is 1.34. The van der Waals surface area contributed by atoms with Crippen molar-refractivity contribution in [3.63, 3.8) is 0 Å². The lowest BCUT2D eigenvalue weighted by molar-refractivity contribution is -0.142. The first-order valence-corrected chi connectivity index (χ1v) is 15.3. The van der Waals surface area contributed by atoms with E-state index in [0.29, 0.717) is 77.5 Å². The molecule has 3 atom stereocenters. The lowest BCUT2D eigenvalue weighted by atomic mass is 10.1. The van der Waals surface area contributed by atoms with Crippen molar-refractivity contribution in [2.45, 2.75) is 62.7 Å². The van der Waals surface area contributed by atoms with E-state index in [9.17, 15) is 19.2 Å². The van der Waals surface area contributed by atoms with Gasteiger partial charge in [-0.15, -0.1) is 0 Å². The number of nitrogens with zero attached hydrogens (tertiary/aromatic N) is 1. The zero-order valence-corrected chi connectivity index (χ0v) is 24.7. The van der Waals surface area contributed by atoms with Crippen LogP contribution in [0, 0.1) is 0 Å². The molecule has 13 heteroatoms. The van der Waals surface area contributed by atoms with Crippen molar-refractivity contribution in [2.75, 3.05) is 65.9 Å². The minimum atomic E-state index is -0.827. The first kappa shape index (κ1) is 32.6. The van der Waals surface area contributed by atoms with Gasteiger partial charge in [0.1, 0.15) is 24.4 Å². The van der Waals surface area contributed by atoms with Gasteiger partial charge in [0, 0.05) is 44.9 Å².